The molecule has 0 unspecified atom stereocenters. The zero-order chi connectivity index (χ0) is 12.4. The van der Waals surface area contributed by atoms with Crippen LogP contribution in [0.2, 0.25) is 0 Å². The fraction of sp³-hybridized carbons (Fsp3) is 0.333. The molecule has 0 atom stereocenters. The zero-order valence-corrected chi connectivity index (χ0v) is 10.9. The fourth-order valence-electron chi connectivity index (χ4n) is 2.28. The molecule has 1 aromatic heterocycles. The van der Waals surface area contributed by atoms with Crippen molar-refractivity contribution in [3.8, 4) is 5.75 Å². The van der Waals surface area contributed by atoms with Crippen LogP contribution >= 0.6 is 0 Å². The van der Waals surface area contributed by atoms with Gasteiger partial charge >= 0.3 is 0 Å². The van der Waals surface area contributed by atoms with Gasteiger partial charge < -0.3 is 9.30 Å². The second-order valence-corrected chi connectivity index (χ2v) is 4.60. The zero-order valence-electron chi connectivity index (χ0n) is 10.9. The van der Waals surface area contributed by atoms with Gasteiger partial charge in [-0.25, -0.2) is 0 Å². The molecule has 0 aliphatic heterocycles. The Morgan fingerprint density at radius 3 is 2.29 bits per heavy atom. The lowest BCUT2D eigenvalue weighted by Gasteiger charge is -2.12. The van der Waals surface area contributed by atoms with Gasteiger partial charge in [-0.3, -0.25) is 0 Å². The van der Waals surface area contributed by atoms with Gasteiger partial charge in [0.2, 0.25) is 0 Å². The van der Waals surface area contributed by atoms with E-state index in [0.29, 0.717) is 0 Å². The van der Waals surface area contributed by atoms with E-state index in [-0.39, 0.29) is 0 Å². The predicted molar refractivity (Wildman–Crippen MR) is 70.7 cm³/mol. The molecule has 0 saturated carbocycles. The Bertz CT molecular complexity index is 502. The molecule has 2 nitrogen and oxygen atoms in total. The Balaban J connectivity index is 2.29. The third-order valence-corrected chi connectivity index (χ3v) is 3.14. The number of benzene rings is 1. The molecule has 1 aromatic carbocycles. The van der Waals surface area contributed by atoms with E-state index in [1.54, 1.807) is 7.11 Å². The Morgan fingerprint density at radius 1 is 1.12 bits per heavy atom. The van der Waals surface area contributed by atoms with E-state index >= 15 is 0 Å². The van der Waals surface area contributed by atoms with Crippen molar-refractivity contribution in [2.45, 2.75) is 27.3 Å². The summed E-state index contributed by atoms with van der Waals surface area (Å²) in [5.41, 5.74) is 5.44. The first-order valence-corrected chi connectivity index (χ1v) is 5.86. The van der Waals surface area contributed by atoms with Crippen LogP contribution in [-0.4, -0.2) is 11.7 Å². The summed E-state index contributed by atoms with van der Waals surface area (Å²) in [5, 5.41) is 0. The standard InChI is InChI=1S/C15H19NO/c1-11-7-12(2)15(13(3)8-11)10-16-6-5-14(9-16)17-4/h5-9H,10H2,1-4H3. The number of hydrogen-bond acceptors (Lipinski definition) is 1. The number of methoxy groups -OCH3 is 1. The second-order valence-electron chi connectivity index (χ2n) is 4.60. The average molecular weight is 229 g/mol. The minimum absolute atomic E-state index is 0.904. The number of hydrogen-bond donors (Lipinski definition) is 0. The average Bonchev–Trinajstić information content (AvgIpc) is 2.71. The first-order valence-electron chi connectivity index (χ1n) is 5.86. The maximum absolute atomic E-state index is 5.19. The summed E-state index contributed by atoms with van der Waals surface area (Å²) in [6.45, 7) is 7.40. The molecule has 1 heterocycles. The van der Waals surface area contributed by atoms with Gasteiger partial charge in [0.1, 0.15) is 5.75 Å². The van der Waals surface area contributed by atoms with Crippen LogP contribution in [-0.2, 0) is 6.54 Å². The molecule has 0 aliphatic rings. The smallest absolute Gasteiger partial charge is 0.136 e. The minimum atomic E-state index is 0.904. The quantitative estimate of drug-likeness (QED) is 0.786. The first-order chi connectivity index (χ1) is 8.10. The van der Waals surface area contributed by atoms with E-state index < -0.39 is 0 Å². The molecule has 2 aromatic rings. The molecular formula is C15H19NO. The summed E-state index contributed by atoms with van der Waals surface area (Å²) in [6, 6.07) is 6.46. The Hall–Kier alpha value is -1.70. The molecule has 2 heteroatoms. The van der Waals surface area contributed by atoms with Gasteiger partial charge in [0.05, 0.1) is 7.11 Å². The van der Waals surface area contributed by atoms with Crippen LogP contribution in [0.4, 0.5) is 0 Å². The van der Waals surface area contributed by atoms with E-state index in [2.05, 4.69) is 43.7 Å². The molecule has 0 N–H and O–H groups in total. The third kappa shape index (κ3) is 2.52. The van der Waals surface area contributed by atoms with Crippen LogP contribution < -0.4 is 4.74 Å². The molecule has 0 bridgehead atoms. The number of ether oxygens (including phenoxy) is 1. The summed E-state index contributed by atoms with van der Waals surface area (Å²) in [7, 11) is 1.70. The van der Waals surface area contributed by atoms with E-state index in [0.717, 1.165) is 12.3 Å². The molecular weight excluding hydrogens is 210 g/mol. The molecule has 0 aliphatic carbocycles. The number of aromatic nitrogens is 1. The van der Waals surface area contributed by atoms with Crippen LogP contribution in [0.1, 0.15) is 22.3 Å². The van der Waals surface area contributed by atoms with Gasteiger partial charge in [0, 0.05) is 18.9 Å². The Labute approximate surface area is 103 Å². The highest BCUT2D eigenvalue weighted by atomic mass is 16.5. The molecule has 17 heavy (non-hydrogen) atoms. The van der Waals surface area contributed by atoms with Gasteiger partial charge in [-0.05, 0) is 43.5 Å². The van der Waals surface area contributed by atoms with Crippen LogP contribution in [0.3, 0.4) is 0 Å². The molecule has 0 spiro atoms. The number of aryl methyl sites for hydroxylation is 3. The summed E-state index contributed by atoms with van der Waals surface area (Å²) in [5.74, 6) is 0.910. The molecule has 0 amide bonds. The van der Waals surface area contributed by atoms with Crippen molar-refractivity contribution < 1.29 is 4.74 Å². The Kier molecular flexibility index (Phi) is 3.23. The van der Waals surface area contributed by atoms with Crippen molar-refractivity contribution in [2.24, 2.45) is 0 Å². The molecule has 90 valence electrons. The predicted octanol–water partition coefficient (Wildman–Crippen LogP) is 3.47. The van der Waals surface area contributed by atoms with Crippen LogP contribution in [0.5, 0.6) is 5.75 Å². The van der Waals surface area contributed by atoms with Crippen molar-refractivity contribution in [1.82, 2.24) is 4.57 Å². The number of rotatable bonds is 3. The van der Waals surface area contributed by atoms with Crippen molar-refractivity contribution >= 4 is 0 Å². The van der Waals surface area contributed by atoms with Gasteiger partial charge in [-0.15, -0.1) is 0 Å². The summed E-state index contributed by atoms with van der Waals surface area (Å²) >= 11 is 0. The maximum Gasteiger partial charge on any atom is 0.136 e. The van der Waals surface area contributed by atoms with Gasteiger partial charge in [-0.2, -0.15) is 0 Å². The summed E-state index contributed by atoms with van der Waals surface area (Å²) in [6.07, 6.45) is 4.08. The van der Waals surface area contributed by atoms with E-state index in [1.807, 2.05) is 12.3 Å². The summed E-state index contributed by atoms with van der Waals surface area (Å²) in [4.78, 5) is 0. The molecule has 0 saturated heterocycles. The second kappa shape index (κ2) is 4.66. The first kappa shape index (κ1) is 11.8. The van der Waals surface area contributed by atoms with Crippen LogP contribution in [0.15, 0.2) is 30.6 Å². The highest BCUT2D eigenvalue weighted by molar-refractivity contribution is 5.38. The lowest BCUT2D eigenvalue weighted by molar-refractivity contribution is 0.414. The molecule has 0 radical (unpaired) electrons. The maximum atomic E-state index is 5.19. The van der Waals surface area contributed by atoms with E-state index in [1.165, 1.54) is 22.3 Å². The topological polar surface area (TPSA) is 14.2 Å². The van der Waals surface area contributed by atoms with Crippen molar-refractivity contribution in [3.63, 3.8) is 0 Å². The van der Waals surface area contributed by atoms with Crippen molar-refractivity contribution in [3.05, 3.63) is 52.8 Å². The monoisotopic (exact) mass is 229 g/mol. The number of nitrogens with zero attached hydrogens (tertiary/aromatic N) is 1. The molecule has 2 rings (SSSR count). The van der Waals surface area contributed by atoms with Crippen LogP contribution in [0, 0.1) is 20.8 Å². The van der Waals surface area contributed by atoms with Crippen molar-refractivity contribution in [2.75, 3.05) is 7.11 Å². The lowest BCUT2D eigenvalue weighted by atomic mass is 10.00. The van der Waals surface area contributed by atoms with Crippen LogP contribution in [0.25, 0.3) is 0 Å². The highest BCUT2D eigenvalue weighted by Gasteiger charge is 2.05. The largest absolute Gasteiger partial charge is 0.495 e. The van der Waals surface area contributed by atoms with Crippen molar-refractivity contribution in [1.29, 1.82) is 0 Å². The normalized spacial score (nSPS) is 10.6. The van der Waals surface area contributed by atoms with Gasteiger partial charge in [0.15, 0.2) is 0 Å². The van der Waals surface area contributed by atoms with E-state index in [9.17, 15) is 0 Å². The third-order valence-electron chi connectivity index (χ3n) is 3.14. The van der Waals surface area contributed by atoms with Gasteiger partial charge in [-0.1, -0.05) is 17.7 Å². The van der Waals surface area contributed by atoms with E-state index in [4.69, 9.17) is 4.74 Å². The fourth-order valence-corrected chi connectivity index (χ4v) is 2.28. The SMILES string of the molecule is COc1ccn(Cc2c(C)cc(C)cc2C)c1. The van der Waals surface area contributed by atoms with Gasteiger partial charge in [0.25, 0.3) is 0 Å². The Morgan fingerprint density at radius 2 is 1.76 bits per heavy atom. The molecule has 0 fully saturated rings. The summed E-state index contributed by atoms with van der Waals surface area (Å²) < 4.78 is 7.35. The minimum Gasteiger partial charge on any atom is -0.495 e. The highest BCUT2D eigenvalue weighted by Crippen LogP contribution is 2.19. The lowest BCUT2D eigenvalue weighted by Crippen LogP contribution is -2.02.